The molecular formula is C35H45ClN2O6S. The van der Waals surface area contributed by atoms with Gasteiger partial charge in [0.05, 0.1) is 23.1 Å². The number of ether oxygens (including phenoxy) is 2. The molecule has 6 atom stereocenters. The number of hydrogen-bond donors (Lipinski definition) is 2. The highest BCUT2D eigenvalue weighted by molar-refractivity contribution is 7.90. The molecule has 2 N–H and O–H groups in total. The Labute approximate surface area is 272 Å². The van der Waals surface area contributed by atoms with E-state index >= 15 is 0 Å². The van der Waals surface area contributed by atoms with Crippen LogP contribution >= 0.6 is 11.6 Å². The first-order valence-corrected chi connectivity index (χ1v) is 18.1. The van der Waals surface area contributed by atoms with Crippen LogP contribution in [0.4, 0.5) is 5.69 Å². The minimum absolute atomic E-state index is 0.0322. The molecular weight excluding hydrogens is 612 g/mol. The van der Waals surface area contributed by atoms with Crippen molar-refractivity contribution in [2.24, 2.45) is 17.8 Å². The third-order valence-electron chi connectivity index (χ3n) is 11.0. The van der Waals surface area contributed by atoms with Gasteiger partial charge in [0.1, 0.15) is 5.75 Å². The van der Waals surface area contributed by atoms with E-state index in [0.717, 1.165) is 49.4 Å². The number of hydrogen-bond acceptors (Lipinski definition) is 7. The van der Waals surface area contributed by atoms with Crippen molar-refractivity contribution in [3.05, 3.63) is 70.3 Å². The summed E-state index contributed by atoms with van der Waals surface area (Å²) in [6.07, 6.45) is 9.67. The Kier molecular flexibility index (Phi) is 9.02. The fourth-order valence-electron chi connectivity index (χ4n) is 8.23. The lowest BCUT2D eigenvalue weighted by atomic mass is 9.64. The molecule has 2 aliphatic carbocycles. The summed E-state index contributed by atoms with van der Waals surface area (Å²) in [4.78, 5) is 15.9. The van der Waals surface area contributed by atoms with Gasteiger partial charge in [0.25, 0.3) is 5.91 Å². The maximum Gasteiger partial charge on any atom is 0.264 e. The second-order valence-corrected chi connectivity index (χ2v) is 16.1. The van der Waals surface area contributed by atoms with Crippen LogP contribution in [0.3, 0.4) is 0 Å². The van der Waals surface area contributed by atoms with Crippen LogP contribution < -0.4 is 14.4 Å². The van der Waals surface area contributed by atoms with E-state index in [1.165, 1.54) is 11.1 Å². The van der Waals surface area contributed by atoms with Gasteiger partial charge in [-0.3, -0.25) is 4.79 Å². The zero-order chi connectivity index (χ0) is 32.0. The van der Waals surface area contributed by atoms with Crippen molar-refractivity contribution in [1.29, 1.82) is 0 Å². The molecule has 0 aromatic heterocycles. The monoisotopic (exact) mass is 656 g/mol. The van der Waals surface area contributed by atoms with Crippen molar-refractivity contribution in [3.63, 3.8) is 0 Å². The highest BCUT2D eigenvalue weighted by Crippen LogP contribution is 2.49. The molecule has 1 spiro atoms. The molecule has 244 valence electrons. The number of aryl methyl sites for hydroxylation is 1. The fraction of sp³-hybridized carbons (Fsp3) is 0.571. The summed E-state index contributed by atoms with van der Waals surface area (Å²) in [5.74, 6) is 0.295. The van der Waals surface area contributed by atoms with Crippen LogP contribution in [-0.4, -0.2) is 63.7 Å². The lowest BCUT2D eigenvalue weighted by Crippen LogP contribution is -2.52. The van der Waals surface area contributed by atoms with E-state index in [9.17, 15) is 18.3 Å². The average molecular weight is 657 g/mol. The number of halogens is 1. The number of nitrogens with one attached hydrogen (secondary N) is 1. The number of sulfonamides is 1. The molecule has 1 saturated carbocycles. The number of allylic oxidation sites excluding steroid dienone is 1. The number of anilines is 1. The first-order valence-electron chi connectivity index (χ1n) is 16.2. The Morgan fingerprint density at radius 2 is 2.02 bits per heavy atom. The van der Waals surface area contributed by atoms with Gasteiger partial charge in [-0.1, -0.05) is 36.7 Å². The summed E-state index contributed by atoms with van der Waals surface area (Å²) in [5, 5.41) is 9.54. The molecule has 0 unspecified atom stereocenters. The lowest BCUT2D eigenvalue weighted by Gasteiger charge is -2.49. The molecule has 0 saturated heterocycles. The normalized spacial score (nSPS) is 33.5. The Hall–Kier alpha value is -2.59. The van der Waals surface area contributed by atoms with Gasteiger partial charge in [0, 0.05) is 42.8 Å². The van der Waals surface area contributed by atoms with Crippen LogP contribution in [0.2, 0.25) is 5.02 Å². The summed E-state index contributed by atoms with van der Waals surface area (Å²) in [5.41, 5.74) is 2.80. The lowest BCUT2D eigenvalue weighted by molar-refractivity contribution is -0.0622. The van der Waals surface area contributed by atoms with Crippen LogP contribution in [0, 0.1) is 17.8 Å². The molecule has 2 aromatic rings. The van der Waals surface area contributed by atoms with E-state index in [2.05, 4.69) is 34.8 Å². The summed E-state index contributed by atoms with van der Waals surface area (Å²) >= 11 is 6.42. The number of nitrogens with zero attached hydrogens (tertiary/aromatic N) is 1. The van der Waals surface area contributed by atoms with E-state index in [-0.39, 0.29) is 35.8 Å². The molecule has 0 radical (unpaired) electrons. The smallest absolute Gasteiger partial charge is 0.264 e. The largest absolute Gasteiger partial charge is 0.490 e. The minimum atomic E-state index is -4.08. The minimum Gasteiger partial charge on any atom is -0.490 e. The highest BCUT2D eigenvalue weighted by Gasteiger charge is 2.47. The van der Waals surface area contributed by atoms with Crippen LogP contribution in [0.5, 0.6) is 5.75 Å². The Morgan fingerprint density at radius 3 is 2.76 bits per heavy atom. The molecule has 2 aliphatic heterocycles. The van der Waals surface area contributed by atoms with Crippen molar-refractivity contribution >= 4 is 33.2 Å². The van der Waals surface area contributed by atoms with Gasteiger partial charge < -0.3 is 19.5 Å². The van der Waals surface area contributed by atoms with Crippen LogP contribution in [-0.2, 0) is 26.6 Å². The van der Waals surface area contributed by atoms with Crippen LogP contribution in [0.25, 0.3) is 0 Å². The molecule has 1 fully saturated rings. The van der Waals surface area contributed by atoms with E-state index in [1.807, 2.05) is 19.1 Å². The number of carbonyl (C=O) groups is 1. The third-order valence-corrected chi connectivity index (χ3v) is 13.2. The Morgan fingerprint density at radius 1 is 1.20 bits per heavy atom. The van der Waals surface area contributed by atoms with Gasteiger partial charge >= 0.3 is 0 Å². The van der Waals surface area contributed by atoms with Gasteiger partial charge in [0.2, 0.25) is 10.0 Å². The summed E-state index contributed by atoms with van der Waals surface area (Å²) in [6, 6.07) is 11.4. The van der Waals surface area contributed by atoms with Gasteiger partial charge in [-0.2, -0.15) is 0 Å². The zero-order valence-corrected chi connectivity index (χ0v) is 28.0. The van der Waals surface area contributed by atoms with Crippen molar-refractivity contribution in [2.45, 2.75) is 75.1 Å². The molecule has 2 heterocycles. The van der Waals surface area contributed by atoms with Crippen LogP contribution in [0.1, 0.15) is 73.9 Å². The van der Waals surface area contributed by atoms with Crippen molar-refractivity contribution in [3.8, 4) is 5.75 Å². The molecule has 4 aliphatic rings. The van der Waals surface area contributed by atoms with E-state index in [4.69, 9.17) is 21.1 Å². The number of carbonyl (C=O) groups excluding carboxylic acids is 1. The maximum absolute atomic E-state index is 13.5. The number of benzene rings is 2. The van der Waals surface area contributed by atoms with Gasteiger partial charge in [-0.15, -0.1) is 0 Å². The molecule has 1 amide bonds. The van der Waals surface area contributed by atoms with Crippen molar-refractivity contribution in [2.75, 3.05) is 38.3 Å². The van der Waals surface area contributed by atoms with E-state index in [1.54, 1.807) is 25.3 Å². The van der Waals surface area contributed by atoms with E-state index < -0.39 is 26.8 Å². The Bertz CT molecular complexity index is 1580. The van der Waals surface area contributed by atoms with Gasteiger partial charge in [0.15, 0.2) is 0 Å². The second kappa shape index (κ2) is 12.5. The Balaban J connectivity index is 1.45. The first-order chi connectivity index (χ1) is 21.5. The molecule has 10 heteroatoms. The van der Waals surface area contributed by atoms with Crippen molar-refractivity contribution < 1.29 is 27.8 Å². The maximum atomic E-state index is 13.5. The average Bonchev–Trinajstić information content (AvgIpc) is 3.14. The van der Waals surface area contributed by atoms with Gasteiger partial charge in [-0.05, 0) is 111 Å². The third kappa shape index (κ3) is 6.13. The predicted molar refractivity (Wildman–Crippen MR) is 177 cm³/mol. The summed E-state index contributed by atoms with van der Waals surface area (Å²) < 4.78 is 42.2. The highest BCUT2D eigenvalue weighted by atomic mass is 35.5. The molecule has 45 heavy (non-hydrogen) atoms. The topological polar surface area (TPSA) is 105 Å². The number of rotatable bonds is 3. The number of fused-ring (bicyclic) bond motifs is 4. The number of aliphatic hydroxyl groups excluding tert-OH is 1. The van der Waals surface area contributed by atoms with Gasteiger partial charge in [-0.25, -0.2) is 13.1 Å². The van der Waals surface area contributed by atoms with Crippen LogP contribution in [0.15, 0.2) is 48.6 Å². The molecule has 6 rings (SSSR count). The quantitative estimate of drug-likeness (QED) is 0.412. The zero-order valence-electron chi connectivity index (χ0n) is 26.4. The standard InChI is InChI=1S/C35H45ClN2O6S/c1-23-6-4-15-34(2,43-3)28-11-8-26(28)20-38-21-35(16-5-7-24-18-27(36)10-12-29(24)35)22-44-31-13-9-25(19-30(31)38)33(40)37-45(41,42)32(23)14-17-39/h4,9-10,12-13,15,18-19,23,26,28,32,39H,5-8,11,14,16-17,20-22H2,1-3H3,(H,37,40)/b15-4+/t23-,26-,28+,32+,34+,35-/m0/s1. The van der Waals surface area contributed by atoms with E-state index in [0.29, 0.717) is 31.2 Å². The fourth-order valence-corrected chi connectivity index (χ4v) is 10.1. The SMILES string of the molecule is CO[C@]1(C)/C=C/C[C@H](C)[C@@H](CCO)S(=O)(=O)NC(=O)c2ccc3c(c2)N(C[C@@H]2CC[C@H]21)C[C@@]1(CCCc2cc(Cl)ccc21)CO3. The number of methoxy groups -OCH3 is 1. The number of aliphatic hydroxyl groups is 1. The molecule has 2 aromatic carbocycles. The molecule has 2 bridgehead atoms. The number of amides is 1. The second-order valence-electron chi connectivity index (χ2n) is 13.8. The van der Waals surface area contributed by atoms with Crippen molar-refractivity contribution in [1.82, 2.24) is 4.72 Å². The first kappa shape index (κ1) is 32.4. The predicted octanol–water partition coefficient (Wildman–Crippen LogP) is 5.65. The molecule has 8 nitrogen and oxygen atoms in total. The summed E-state index contributed by atoms with van der Waals surface area (Å²) in [7, 11) is -2.34. The summed E-state index contributed by atoms with van der Waals surface area (Å²) in [6.45, 7) is 5.64.